The summed E-state index contributed by atoms with van der Waals surface area (Å²) in [5.41, 5.74) is 20.6. The molecule has 0 heterocycles. The summed E-state index contributed by atoms with van der Waals surface area (Å²) < 4.78 is 0. The lowest BCUT2D eigenvalue weighted by atomic mass is 10.2. The molecule has 0 aromatic carbocycles. The van der Waals surface area contributed by atoms with Crippen molar-refractivity contribution in [3.63, 3.8) is 0 Å². The van der Waals surface area contributed by atoms with Gasteiger partial charge in [0.1, 0.15) is 12.1 Å². The van der Waals surface area contributed by atoms with Gasteiger partial charge in [0.2, 0.25) is 0 Å². The van der Waals surface area contributed by atoms with Gasteiger partial charge in [-0.3, -0.25) is 9.59 Å². The van der Waals surface area contributed by atoms with E-state index in [0.717, 1.165) is 0 Å². The maximum absolute atomic E-state index is 10.0. The van der Waals surface area contributed by atoms with Crippen molar-refractivity contribution >= 4 is 24.3 Å². The van der Waals surface area contributed by atoms with Crippen molar-refractivity contribution in [2.45, 2.75) is 37.8 Å². The fourth-order valence-corrected chi connectivity index (χ4v) is 0.922. The standard InChI is InChI=1S/2C5H12N2O2.ClH/c2*6-3-1-2-4(7)5(8)9;/h2*4H,1-3,6-7H2,(H,8,9);1H/t4-;;/m0../s1. The Morgan fingerprint density at radius 3 is 1.26 bits per heavy atom. The van der Waals surface area contributed by atoms with E-state index in [1.807, 2.05) is 0 Å². The Bertz CT molecular complexity index is 220. The lowest BCUT2D eigenvalue weighted by molar-refractivity contribution is -0.139. The molecule has 2 atom stereocenters. The number of aliphatic carboxylic acids is 2. The van der Waals surface area contributed by atoms with Crippen LogP contribution < -0.4 is 22.9 Å². The molecule has 0 fully saturated rings. The Labute approximate surface area is 118 Å². The zero-order valence-corrected chi connectivity index (χ0v) is 11.6. The van der Waals surface area contributed by atoms with Crippen LogP contribution >= 0.6 is 12.4 Å². The molecule has 0 amide bonds. The van der Waals surface area contributed by atoms with Crippen molar-refractivity contribution < 1.29 is 19.8 Å². The van der Waals surface area contributed by atoms with Gasteiger partial charge in [-0.25, -0.2) is 0 Å². The SMILES string of the molecule is Cl.NCCCC(N)C(=O)O.NCCC[C@H](N)C(=O)O. The van der Waals surface area contributed by atoms with Gasteiger partial charge in [-0.1, -0.05) is 0 Å². The van der Waals surface area contributed by atoms with Gasteiger partial charge in [0.15, 0.2) is 0 Å². The van der Waals surface area contributed by atoms with E-state index < -0.39 is 24.0 Å². The summed E-state index contributed by atoms with van der Waals surface area (Å²) in [5.74, 6) is -1.91. The minimum Gasteiger partial charge on any atom is -0.480 e. The zero-order valence-electron chi connectivity index (χ0n) is 10.8. The first kappa shape index (κ1) is 23.2. The summed E-state index contributed by atoms with van der Waals surface area (Å²) in [5, 5.41) is 16.5. The third kappa shape index (κ3) is 17.1. The molecule has 10 N–H and O–H groups in total. The van der Waals surface area contributed by atoms with Gasteiger partial charge in [-0.05, 0) is 38.8 Å². The second kappa shape index (κ2) is 15.1. The average Bonchev–Trinajstić information content (AvgIpc) is 2.33. The molecule has 19 heavy (non-hydrogen) atoms. The summed E-state index contributed by atoms with van der Waals surface area (Å²) in [6, 6.07) is -1.48. The molecular formula is C10H25ClN4O4. The predicted molar refractivity (Wildman–Crippen MR) is 75.0 cm³/mol. The van der Waals surface area contributed by atoms with Crippen LogP contribution in [0.4, 0.5) is 0 Å². The Hall–Kier alpha value is -0.930. The fourth-order valence-electron chi connectivity index (χ4n) is 0.922. The first-order valence-electron chi connectivity index (χ1n) is 5.73. The number of halogens is 1. The molecule has 0 aromatic rings. The summed E-state index contributed by atoms with van der Waals surface area (Å²) in [4.78, 5) is 20.1. The quantitative estimate of drug-likeness (QED) is 0.320. The molecule has 0 spiro atoms. The maximum atomic E-state index is 10.0. The third-order valence-electron chi connectivity index (χ3n) is 2.07. The summed E-state index contributed by atoms with van der Waals surface area (Å²) in [6.07, 6.45) is 2.28. The van der Waals surface area contributed by atoms with Crippen molar-refractivity contribution in [2.24, 2.45) is 22.9 Å². The lowest BCUT2D eigenvalue weighted by Crippen LogP contribution is -2.30. The Kier molecular flexibility index (Phi) is 18.5. The molecular weight excluding hydrogens is 276 g/mol. The molecule has 8 nitrogen and oxygen atoms in total. The first-order valence-corrected chi connectivity index (χ1v) is 5.73. The number of carboxylic acid groups (broad SMARTS) is 2. The van der Waals surface area contributed by atoms with Crippen molar-refractivity contribution in [1.29, 1.82) is 0 Å². The monoisotopic (exact) mass is 300 g/mol. The number of hydrogen-bond donors (Lipinski definition) is 6. The smallest absolute Gasteiger partial charge is 0.320 e. The van der Waals surface area contributed by atoms with Crippen LogP contribution in [-0.2, 0) is 9.59 Å². The normalized spacial score (nSPS) is 12.4. The molecule has 0 saturated carbocycles. The second-order valence-electron chi connectivity index (χ2n) is 3.75. The largest absolute Gasteiger partial charge is 0.480 e. The van der Waals surface area contributed by atoms with Crippen LogP contribution in [0.15, 0.2) is 0 Å². The van der Waals surface area contributed by atoms with Crippen LogP contribution in [0.5, 0.6) is 0 Å². The number of carboxylic acids is 2. The highest BCUT2D eigenvalue weighted by Crippen LogP contribution is 1.91. The van der Waals surface area contributed by atoms with Crippen molar-refractivity contribution in [2.75, 3.05) is 13.1 Å². The van der Waals surface area contributed by atoms with Crippen molar-refractivity contribution in [1.82, 2.24) is 0 Å². The maximum Gasteiger partial charge on any atom is 0.320 e. The van der Waals surface area contributed by atoms with Crippen LogP contribution in [0, 0.1) is 0 Å². The molecule has 0 saturated heterocycles. The van der Waals surface area contributed by atoms with Crippen LogP contribution in [0.3, 0.4) is 0 Å². The Morgan fingerprint density at radius 2 is 1.11 bits per heavy atom. The van der Waals surface area contributed by atoms with E-state index in [-0.39, 0.29) is 12.4 Å². The average molecular weight is 301 g/mol. The van der Waals surface area contributed by atoms with E-state index in [0.29, 0.717) is 38.8 Å². The number of nitrogens with two attached hydrogens (primary N) is 4. The minimum absolute atomic E-state index is 0. The summed E-state index contributed by atoms with van der Waals surface area (Å²) in [7, 11) is 0. The summed E-state index contributed by atoms with van der Waals surface area (Å²) in [6.45, 7) is 1.00. The summed E-state index contributed by atoms with van der Waals surface area (Å²) >= 11 is 0. The van der Waals surface area contributed by atoms with E-state index in [4.69, 9.17) is 33.1 Å². The van der Waals surface area contributed by atoms with Gasteiger partial charge < -0.3 is 33.1 Å². The first-order chi connectivity index (χ1) is 8.36. The predicted octanol–water partition coefficient (Wildman–Crippen LogP) is -1.30. The van der Waals surface area contributed by atoms with E-state index in [2.05, 4.69) is 0 Å². The van der Waals surface area contributed by atoms with E-state index in [1.54, 1.807) is 0 Å². The molecule has 0 aliphatic rings. The van der Waals surface area contributed by atoms with Crippen LogP contribution in [0.25, 0.3) is 0 Å². The molecule has 9 heteroatoms. The lowest BCUT2D eigenvalue weighted by Gasteiger charge is -2.02. The molecule has 0 radical (unpaired) electrons. The molecule has 0 aliphatic carbocycles. The molecule has 1 unspecified atom stereocenters. The van der Waals surface area contributed by atoms with Crippen molar-refractivity contribution in [3.05, 3.63) is 0 Å². The van der Waals surface area contributed by atoms with Crippen LogP contribution in [0.1, 0.15) is 25.7 Å². The topological polar surface area (TPSA) is 179 Å². The van der Waals surface area contributed by atoms with Crippen LogP contribution in [-0.4, -0.2) is 47.3 Å². The van der Waals surface area contributed by atoms with E-state index in [1.165, 1.54) is 0 Å². The molecule has 0 rings (SSSR count). The van der Waals surface area contributed by atoms with Gasteiger partial charge in [0.25, 0.3) is 0 Å². The minimum atomic E-state index is -0.955. The van der Waals surface area contributed by atoms with Gasteiger partial charge in [-0.2, -0.15) is 0 Å². The fraction of sp³-hybridized carbons (Fsp3) is 0.800. The number of rotatable bonds is 8. The number of hydrogen-bond acceptors (Lipinski definition) is 6. The molecule has 116 valence electrons. The van der Waals surface area contributed by atoms with Gasteiger partial charge in [0.05, 0.1) is 0 Å². The van der Waals surface area contributed by atoms with Gasteiger partial charge in [0, 0.05) is 0 Å². The van der Waals surface area contributed by atoms with Gasteiger partial charge in [-0.15, -0.1) is 12.4 Å². The molecule has 0 aliphatic heterocycles. The highest BCUT2D eigenvalue weighted by atomic mass is 35.5. The number of carbonyl (C=O) groups is 2. The van der Waals surface area contributed by atoms with Crippen LogP contribution in [0.2, 0.25) is 0 Å². The molecule has 0 bridgehead atoms. The Morgan fingerprint density at radius 1 is 0.842 bits per heavy atom. The van der Waals surface area contributed by atoms with Crippen molar-refractivity contribution in [3.8, 4) is 0 Å². The highest BCUT2D eigenvalue weighted by Gasteiger charge is 2.09. The molecule has 0 aromatic heterocycles. The second-order valence-corrected chi connectivity index (χ2v) is 3.75. The van der Waals surface area contributed by atoms with E-state index in [9.17, 15) is 9.59 Å². The third-order valence-corrected chi connectivity index (χ3v) is 2.07. The van der Waals surface area contributed by atoms with E-state index >= 15 is 0 Å². The van der Waals surface area contributed by atoms with Gasteiger partial charge >= 0.3 is 11.9 Å². The zero-order chi connectivity index (χ0) is 14.6. The highest BCUT2D eigenvalue weighted by molar-refractivity contribution is 5.85. The Balaban J connectivity index is -0.000000256.